The number of quaternary nitrogens is 1. The van der Waals surface area contributed by atoms with E-state index in [1.54, 1.807) is 4.68 Å². The minimum Gasteiger partial charge on any atom is -0.465 e. The summed E-state index contributed by atoms with van der Waals surface area (Å²) < 4.78 is 12.1. The lowest BCUT2D eigenvalue weighted by molar-refractivity contribution is -0.928. The number of esters is 1. The van der Waals surface area contributed by atoms with E-state index in [0.29, 0.717) is 25.5 Å². The lowest BCUT2D eigenvalue weighted by Gasteiger charge is -2.18. The van der Waals surface area contributed by atoms with Gasteiger partial charge in [-0.2, -0.15) is 4.68 Å². The Labute approximate surface area is 163 Å². The van der Waals surface area contributed by atoms with Crippen molar-refractivity contribution >= 4 is 18.2 Å². The van der Waals surface area contributed by atoms with Crippen LogP contribution < -0.4 is 4.90 Å². The monoisotopic (exact) mass is 392 g/mol. The van der Waals surface area contributed by atoms with Crippen molar-refractivity contribution in [1.82, 2.24) is 9.78 Å². The van der Waals surface area contributed by atoms with Crippen LogP contribution in [-0.2, 0) is 21.6 Å². The van der Waals surface area contributed by atoms with Crippen LogP contribution >= 0.6 is 12.2 Å². The molecule has 0 amide bonds. The molecule has 1 aromatic heterocycles. The van der Waals surface area contributed by atoms with Crippen LogP contribution in [0.2, 0.25) is 0 Å². The third-order valence-electron chi connectivity index (χ3n) is 4.94. The highest BCUT2D eigenvalue weighted by Gasteiger charge is 2.41. The number of carbonyl (C=O) groups excluding carboxylic acids is 1. The maximum atomic E-state index is 12.0. The molecule has 0 radical (unpaired) electrons. The molecule has 1 aliphatic heterocycles. The molecule has 1 aliphatic rings. The van der Waals surface area contributed by atoms with Crippen molar-refractivity contribution < 1.29 is 24.0 Å². The minimum absolute atomic E-state index is 0.0705. The first-order valence-electron chi connectivity index (χ1n) is 8.98. The molecule has 1 fully saturated rings. The zero-order valence-electron chi connectivity index (χ0n) is 16.1. The average Bonchev–Trinajstić information content (AvgIpc) is 3.17. The second kappa shape index (κ2) is 7.53. The highest BCUT2D eigenvalue weighted by atomic mass is 32.1. The van der Waals surface area contributed by atoms with Crippen molar-refractivity contribution in [2.24, 2.45) is 0 Å². The first-order chi connectivity index (χ1) is 12.7. The van der Waals surface area contributed by atoms with Gasteiger partial charge in [-0.25, -0.2) is 4.79 Å². The summed E-state index contributed by atoms with van der Waals surface area (Å²) in [6.07, 6.45) is -0.177. The quantitative estimate of drug-likeness (QED) is 0.603. The highest BCUT2D eigenvalue weighted by molar-refractivity contribution is 7.71. The Hall–Kier alpha value is -2.03. The molecule has 1 saturated heterocycles. The molecule has 2 N–H and O–H groups in total. The molecule has 7 nitrogen and oxygen atoms in total. The SMILES string of the molecule is COC(=O)[C@@H]1C[C@@H](O)C[NH+]1Cn1nc(-c2ccc(C(C)(C)C)cc2)oc1=S. The van der Waals surface area contributed by atoms with Crippen molar-refractivity contribution in [3.8, 4) is 11.5 Å². The van der Waals surface area contributed by atoms with E-state index in [9.17, 15) is 9.90 Å². The van der Waals surface area contributed by atoms with E-state index >= 15 is 0 Å². The van der Waals surface area contributed by atoms with Gasteiger partial charge in [-0.05, 0) is 35.3 Å². The molecule has 0 saturated carbocycles. The predicted octanol–water partition coefficient (Wildman–Crippen LogP) is 1.32. The smallest absolute Gasteiger partial charge is 0.364 e. The highest BCUT2D eigenvalue weighted by Crippen LogP contribution is 2.25. The largest absolute Gasteiger partial charge is 0.465 e. The molecule has 0 bridgehead atoms. The van der Waals surface area contributed by atoms with E-state index in [1.165, 1.54) is 12.7 Å². The van der Waals surface area contributed by atoms with Crippen LogP contribution in [0, 0.1) is 4.84 Å². The number of aromatic nitrogens is 2. The van der Waals surface area contributed by atoms with Gasteiger partial charge in [-0.3, -0.25) is 0 Å². The summed E-state index contributed by atoms with van der Waals surface area (Å²) in [5.74, 6) is 0.101. The predicted molar refractivity (Wildman–Crippen MR) is 102 cm³/mol. The van der Waals surface area contributed by atoms with Crippen LogP contribution in [0.25, 0.3) is 11.5 Å². The molecule has 27 heavy (non-hydrogen) atoms. The summed E-state index contributed by atoms with van der Waals surface area (Å²) in [7, 11) is 1.35. The molecule has 2 aromatic rings. The van der Waals surface area contributed by atoms with Crippen LogP contribution in [0.15, 0.2) is 28.7 Å². The fourth-order valence-electron chi connectivity index (χ4n) is 3.37. The van der Waals surface area contributed by atoms with Gasteiger partial charge in [0.2, 0.25) is 5.89 Å². The third kappa shape index (κ3) is 4.28. The Balaban J connectivity index is 1.80. The van der Waals surface area contributed by atoms with Crippen molar-refractivity contribution in [1.29, 1.82) is 0 Å². The number of carbonyl (C=O) groups is 1. The number of hydrogen-bond acceptors (Lipinski definition) is 6. The van der Waals surface area contributed by atoms with E-state index in [-0.39, 0.29) is 16.2 Å². The van der Waals surface area contributed by atoms with Gasteiger partial charge in [-0.15, -0.1) is 5.10 Å². The van der Waals surface area contributed by atoms with E-state index in [4.69, 9.17) is 21.4 Å². The first-order valence-corrected chi connectivity index (χ1v) is 9.39. The zero-order chi connectivity index (χ0) is 19.8. The van der Waals surface area contributed by atoms with Crippen LogP contribution in [0.3, 0.4) is 0 Å². The molecule has 3 rings (SSSR count). The van der Waals surface area contributed by atoms with Gasteiger partial charge < -0.3 is 19.2 Å². The number of benzene rings is 1. The molecular weight excluding hydrogens is 366 g/mol. The van der Waals surface area contributed by atoms with Gasteiger partial charge in [0.1, 0.15) is 12.6 Å². The number of ether oxygens (including phenoxy) is 1. The van der Waals surface area contributed by atoms with Crippen molar-refractivity contribution in [3.63, 3.8) is 0 Å². The van der Waals surface area contributed by atoms with Crippen LogP contribution in [0.4, 0.5) is 0 Å². The van der Waals surface area contributed by atoms with E-state index < -0.39 is 12.1 Å². The molecule has 8 heteroatoms. The van der Waals surface area contributed by atoms with Crippen LogP contribution in [0.1, 0.15) is 32.8 Å². The number of hydrogen-bond donors (Lipinski definition) is 2. The van der Waals surface area contributed by atoms with E-state index in [0.717, 1.165) is 10.5 Å². The second-order valence-electron chi connectivity index (χ2n) is 7.99. The topological polar surface area (TPSA) is 81.9 Å². The van der Waals surface area contributed by atoms with E-state index in [1.807, 2.05) is 12.1 Å². The average molecular weight is 393 g/mol. The Morgan fingerprint density at radius 3 is 2.67 bits per heavy atom. The number of aliphatic hydroxyl groups is 1. The third-order valence-corrected chi connectivity index (χ3v) is 5.24. The number of methoxy groups -OCH3 is 1. The van der Waals surface area contributed by atoms with Crippen molar-refractivity contribution in [3.05, 3.63) is 34.7 Å². The normalized spacial score (nSPS) is 22.8. The molecular formula is C19H26N3O4S+. The minimum atomic E-state index is -0.547. The Bertz CT molecular complexity index is 866. The molecule has 0 spiro atoms. The van der Waals surface area contributed by atoms with Gasteiger partial charge >= 0.3 is 5.97 Å². The Morgan fingerprint density at radius 2 is 2.07 bits per heavy atom. The number of rotatable bonds is 4. The van der Waals surface area contributed by atoms with Crippen molar-refractivity contribution in [2.45, 2.75) is 51.4 Å². The van der Waals surface area contributed by atoms with Gasteiger partial charge in [0.15, 0.2) is 12.7 Å². The van der Waals surface area contributed by atoms with E-state index in [2.05, 4.69) is 38.0 Å². The molecule has 0 aliphatic carbocycles. The molecule has 1 aromatic carbocycles. The Morgan fingerprint density at radius 1 is 1.41 bits per heavy atom. The van der Waals surface area contributed by atoms with Crippen LogP contribution in [0.5, 0.6) is 0 Å². The zero-order valence-corrected chi connectivity index (χ0v) is 16.9. The standard InChI is InChI=1S/C19H25N3O4S/c1-19(2,3)13-7-5-12(6-8-13)16-20-22(18(27)26-16)11-21-10-14(23)9-15(21)17(24)25-4/h5-8,14-15,23H,9-11H2,1-4H3/p+1/t14-,15+/m1/s1. The maximum Gasteiger partial charge on any atom is 0.364 e. The molecule has 3 atom stereocenters. The maximum absolute atomic E-state index is 12.0. The summed E-state index contributed by atoms with van der Waals surface area (Å²) in [4.78, 5) is 13.0. The summed E-state index contributed by atoms with van der Waals surface area (Å²) in [6.45, 7) is 7.25. The lowest BCUT2D eigenvalue weighted by atomic mass is 9.87. The summed E-state index contributed by atoms with van der Waals surface area (Å²) in [6, 6.07) is 7.62. The van der Waals surface area contributed by atoms with Crippen LogP contribution in [-0.4, -0.2) is 46.7 Å². The lowest BCUT2D eigenvalue weighted by Crippen LogP contribution is -3.14. The number of nitrogens with one attached hydrogen (secondary N) is 1. The number of likely N-dealkylation sites (tertiary alicyclic amines) is 1. The molecule has 1 unspecified atom stereocenters. The Kier molecular flexibility index (Phi) is 5.50. The molecule has 146 valence electrons. The molecule has 2 heterocycles. The summed E-state index contributed by atoms with van der Waals surface area (Å²) >= 11 is 5.30. The number of aliphatic hydroxyl groups excluding tert-OH is 1. The number of nitrogens with zero attached hydrogens (tertiary/aromatic N) is 2. The first kappa shape index (κ1) is 19.7. The van der Waals surface area contributed by atoms with Crippen molar-refractivity contribution in [2.75, 3.05) is 13.7 Å². The van der Waals surface area contributed by atoms with Gasteiger partial charge in [0.05, 0.1) is 7.11 Å². The van der Waals surface area contributed by atoms with Gasteiger partial charge in [0.25, 0.3) is 4.84 Å². The second-order valence-corrected chi connectivity index (χ2v) is 8.34. The van der Waals surface area contributed by atoms with Gasteiger partial charge in [0, 0.05) is 12.0 Å². The summed E-state index contributed by atoms with van der Waals surface area (Å²) in [5.41, 5.74) is 2.13. The summed E-state index contributed by atoms with van der Waals surface area (Å²) in [5, 5.41) is 14.4. The van der Waals surface area contributed by atoms with Gasteiger partial charge in [-0.1, -0.05) is 32.9 Å². The fraction of sp³-hybridized carbons (Fsp3) is 0.526. The fourth-order valence-corrected chi connectivity index (χ4v) is 3.56.